The fourth-order valence-electron chi connectivity index (χ4n) is 2.28. The lowest BCUT2D eigenvalue weighted by atomic mass is 10.1. The number of pyridine rings is 1. The van der Waals surface area contributed by atoms with Gasteiger partial charge in [-0.3, -0.25) is 4.98 Å². The highest BCUT2D eigenvalue weighted by Gasteiger charge is 2.07. The van der Waals surface area contributed by atoms with Gasteiger partial charge in [0.15, 0.2) is 0 Å². The van der Waals surface area contributed by atoms with E-state index in [-0.39, 0.29) is 5.82 Å². The van der Waals surface area contributed by atoms with Crippen LogP contribution in [0, 0.1) is 12.7 Å². The Morgan fingerprint density at radius 1 is 1.05 bits per heavy atom. The topological polar surface area (TPSA) is 34.1 Å². The van der Waals surface area contributed by atoms with E-state index in [2.05, 4.69) is 10.3 Å². The fourth-order valence-corrected chi connectivity index (χ4v) is 2.28. The van der Waals surface area contributed by atoms with Crippen LogP contribution in [0.3, 0.4) is 0 Å². The third kappa shape index (κ3) is 2.65. The Bertz CT molecular complexity index is 802. The zero-order valence-electron chi connectivity index (χ0n) is 11.9. The van der Waals surface area contributed by atoms with Crippen LogP contribution in [0.4, 0.5) is 15.8 Å². The Morgan fingerprint density at radius 3 is 2.71 bits per heavy atom. The molecule has 0 saturated heterocycles. The van der Waals surface area contributed by atoms with Gasteiger partial charge in [-0.1, -0.05) is 12.1 Å². The van der Waals surface area contributed by atoms with E-state index in [0.717, 1.165) is 22.2 Å². The van der Waals surface area contributed by atoms with Gasteiger partial charge in [0.1, 0.15) is 11.6 Å². The number of halogens is 1. The van der Waals surface area contributed by atoms with Gasteiger partial charge in [-0.25, -0.2) is 4.39 Å². The van der Waals surface area contributed by atoms with Gasteiger partial charge in [0.25, 0.3) is 0 Å². The number of aryl methyl sites for hydroxylation is 1. The second-order valence-corrected chi connectivity index (χ2v) is 4.85. The molecule has 0 aliphatic heterocycles. The summed E-state index contributed by atoms with van der Waals surface area (Å²) in [4.78, 5) is 4.37. The molecule has 1 heterocycles. The summed E-state index contributed by atoms with van der Waals surface area (Å²) < 4.78 is 18.5. The standard InChI is InChI=1S/C17H15FN2O/c1-11-3-5-13-14(7-8-19-16(13)9-11)20-15-6-4-12(18)10-17(15)21-2/h3-10H,1-2H3,(H,19,20). The van der Waals surface area contributed by atoms with Gasteiger partial charge in [0.05, 0.1) is 18.3 Å². The molecule has 0 aliphatic rings. The van der Waals surface area contributed by atoms with Crippen molar-refractivity contribution in [1.82, 2.24) is 4.98 Å². The van der Waals surface area contributed by atoms with Crippen LogP contribution in [-0.4, -0.2) is 12.1 Å². The maximum absolute atomic E-state index is 13.3. The maximum atomic E-state index is 13.3. The predicted molar refractivity (Wildman–Crippen MR) is 82.7 cm³/mol. The average Bonchev–Trinajstić information content (AvgIpc) is 2.49. The first-order valence-electron chi connectivity index (χ1n) is 6.63. The second kappa shape index (κ2) is 5.40. The van der Waals surface area contributed by atoms with Crippen molar-refractivity contribution in [3.63, 3.8) is 0 Å². The molecule has 3 aromatic rings. The zero-order valence-corrected chi connectivity index (χ0v) is 11.9. The Labute approximate surface area is 122 Å². The molecule has 0 aliphatic carbocycles. The van der Waals surface area contributed by atoms with Gasteiger partial charge in [-0.05, 0) is 36.8 Å². The molecular weight excluding hydrogens is 267 g/mol. The third-order valence-corrected chi connectivity index (χ3v) is 3.33. The molecule has 21 heavy (non-hydrogen) atoms. The van der Waals surface area contributed by atoms with E-state index in [1.807, 2.05) is 31.2 Å². The fraction of sp³-hybridized carbons (Fsp3) is 0.118. The molecule has 1 aromatic heterocycles. The Kier molecular flexibility index (Phi) is 3.44. The van der Waals surface area contributed by atoms with E-state index >= 15 is 0 Å². The van der Waals surface area contributed by atoms with Crippen molar-refractivity contribution < 1.29 is 9.13 Å². The number of benzene rings is 2. The lowest BCUT2D eigenvalue weighted by molar-refractivity contribution is 0.413. The minimum Gasteiger partial charge on any atom is -0.494 e. The van der Waals surface area contributed by atoms with Crippen LogP contribution in [-0.2, 0) is 0 Å². The van der Waals surface area contributed by atoms with E-state index in [4.69, 9.17) is 4.74 Å². The van der Waals surface area contributed by atoms with E-state index < -0.39 is 0 Å². The van der Waals surface area contributed by atoms with Crippen LogP contribution in [0.15, 0.2) is 48.7 Å². The van der Waals surface area contributed by atoms with Crippen molar-refractivity contribution in [2.75, 3.05) is 12.4 Å². The highest BCUT2D eigenvalue weighted by atomic mass is 19.1. The van der Waals surface area contributed by atoms with Crippen molar-refractivity contribution in [2.24, 2.45) is 0 Å². The monoisotopic (exact) mass is 282 g/mol. The lowest BCUT2D eigenvalue weighted by Gasteiger charge is -2.13. The van der Waals surface area contributed by atoms with Crippen molar-refractivity contribution in [3.8, 4) is 5.75 Å². The highest BCUT2D eigenvalue weighted by Crippen LogP contribution is 2.31. The largest absolute Gasteiger partial charge is 0.494 e. The number of nitrogens with zero attached hydrogens (tertiary/aromatic N) is 1. The SMILES string of the molecule is COc1cc(F)ccc1Nc1ccnc2cc(C)ccc12. The Balaban J connectivity index is 2.06. The van der Waals surface area contributed by atoms with E-state index in [0.29, 0.717) is 11.4 Å². The predicted octanol–water partition coefficient (Wildman–Crippen LogP) is 4.43. The average molecular weight is 282 g/mol. The number of rotatable bonds is 3. The smallest absolute Gasteiger partial charge is 0.145 e. The van der Waals surface area contributed by atoms with Crippen LogP contribution in [0.1, 0.15) is 5.56 Å². The van der Waals surface area contributed by atoms with Gasteiger partial charge in [0, 0.05) is 23.3 Å². The summed E-state index contributed by atoms with van der Waals surface area (Å²) in [5.41, 5.74) is 3.70. The number of methoxy groups -OCH3 is 1. The summed E-state index contributed by atoms with van der Waals surface area (Å²) in [7, 11) is 1.52. The number of aromatic nitrogens is 1. The van der Waals surface area contributed by atoms with Crippen LogP contribution in [0.5, 0.6) is 5.75 Å². The molecule has 4 heteroatoms. The van der Waals surface area contributed by atoms with E-state index in [1.165, 1.54) is 19.2 Å². The maximum Gasteiger partial charge on any atom is 0.145 e. The first kappa shape index (κ1) is 13.4. The number of ether oxygens (including phenoxy) is 1. The molecule has 106 valence electrons. The first-order chi connectivity index (χ1) is 10.2. The number of anilines is 2. The molecule has 3 nitrogen and oxygen atoms in total. The second-order valence-electron chi connectivity index (χ2n) is 4.85. The van der Waals surface area contributed by atoms with Crippen LogP contribution < -0.4 is 10.1 Å². The molecular formula is C17H15FN2O. The summed E-state index contributed by atoms with van der Waals surface area (Å²) in [5.74, 6) is 0.139. The molecule has 0 atom stereocenters. The normalized spacial score (nSPS) is 10.6. The van der Waals surface area contributed by atoms with Crippen molar-refractivity contribution >= 4 is 22.3 Å². The van der Waals surface area contributed by atoms with Crippen LogP contribution in [0.2, 0.25) is 0 Å². The Hall–Kier alpha value is -2.62. The van der Waals surface area contributed by atoms with E-state index in [1.54, 1.807) is 12.3 Å². The molecule has 0 fully saturated rings. The summed E-state index contributed by atoms with van der Waals surface area (Å²) in [6.45, 7) is 2.03. The van der Waals surface area contributed by atoms with Gasteiger partial charge in [0.2, 0.25) is 0 Å². The van der Waals surface area contributed by atoms with Gasteiger partial charge >= 0.3 is 0 Å². The summed E-state index contributed by atoms with van der Waals surface area (Å²) in [6, 6.07) is 12.4. The molecule has 0 spiro atoms. The Morgan fingerprint density at radius 2 is 1.90 bits per heavy atom. The van der Waals surface area contributed by atoms with Crippen LogP contribution in [0.25, 0.3) is 10.9 Å². The van der Waals surface area contributed by atoms with Crippen LogP contribution >= 0.6 is 0 Å². The number of hydrogen-bond donors (Lipinski definition) is 1. The summed E-state index contributed by atoms with van der Waals surface area (Å²) >= 11 is 0. The minimum absolute atomic E-state index is 0.326. The molecule has 3 rings (SSSR count). The minimum atomic E-state index is -0.326. The van der Waals surface area contributed by atoms with E-state index in [9.17, 15) is 4.39 Å². The molecule has 2 aromatic carbocycles. The molecule has 0 unspecified atom stereocenters. The van der Waals surface area contributed by atoms with Gasteiger partial charge in [-0.15, -0.1) is 0 Å². The quantitative estimate of drug-likeness (QED) is 0.771. The first-order valence-corrected chi connectivity index (χ1v) is 6.63. The van der Waals surface area contributed by atoms with Crippen molar-refractivity contribution in [2.45, 2.75) is 6.92 Å². The number of hydrogen-bond acceptors (Lipinski definition) is 3. The number of fused-ring (bicyclic) bond motifs is 1. The van der Waals surface area contributed by atoms with Crippen molar-refractivity contribution in [1.29, 1.82) is 0 Å². The third-order valence-electron chi connectivity index (χ3n) is 3.33. The molecule has 0 amide bonds. The molecule has 1 N–H and O–H groups in total. The lowest BCUT2D eigenvalue weighted by Crippen LogP contribution is -1.96. The zero-order chi connectivity index (χ0) is 14.8. The van der Waals surface area contributed by atoms with Gasteiger partial charge in [-0.2, -0.15) is 0 Å². The summed E-state index contributed by atoms with van der Waals surface area (Å²) in [6.07, 6.45) is 1.75. The summed E-state index contributed by atoms with van der Waals surface area (Å²) in [5, 5.41) is 4.29. The molecule has 0 saturated carbocycles. The van der Waals surface area contributed by atoms with Crippen molar-refractivity contribution in [3.05, 3.63) is 60.0 Å². The molecule has 0 bridgehead atoms. The van der Waals surface area contributed by atoms with Gasteiger partial charge < -0.3 is 10.1 Å². The molecule has 0 radical (unpaired) electrons. The number of nitrogens with one attached hydrogen (secondary N) is 1. The highest BCUT2D eigenvalue weighted by molar-refractivity contribution is 5.93.